The van der Waals surface area contributed by atoms with Gasteiger partial charge in [0.1, 0.15) is 0 Å². The number of aromatic nitrogens is 17. The van der Waals surface area contributed by atoms with Crippen LogP contribution < -0.4 is 0 Å². The molecular formula is C113H67N19. The highest BCUT2D eigenvalue weighted by molar-refractivity contribution is 6.14. The van der Waals surface area contributed by atoms with Gasteiger partial charge in [0, 0.05) is 105 Å². The first-order valence-corrected chi connectivity index (χ1v) is 42.9. The molecule has 19 heteroatoms. The second kappa shape index (κ2) is 33.6. The highest BCUT2D eigenvalue weighted by Gasteiger charge is 2.28. The molecule has 132 heavy (non-hydrogen) atoms. The van der Waals surface area contributed by atoms with Crippen LogP contribution in [0.15, 0.2) is 406 Å². The molecule has 0 fully saturated rings. The van der Waals surface area contributed by atoms with Crippen LogP contribution in [0, 0.1) is 22.7 Å². The zero-order chi connectivity index (χ0) is 88.0. The molecule has 0 atom stereocenters. The zero-order valence-corrected chi connectivity index (χ0v) is 70.2. The summed E-state index contributed by atoms with van der Waals surface area (Å²) >= 11 is 0. The highest BCUT2D eigenvalue weighted by Crippen LogP contribution is 2.45. The van der Waals surface area contributed by atoms with E-state index in [0.29, 0.717) is 132 Å². The summed E-state index contributed by atoms with van der Waals surface area (Å²) in [4.78, 5) is 79.4. The third-order valence-electron chi connectivity index (χ3n) is 23.5. The Hall–Kier alpha value is -18.9. The molecule has 0 saturated carbocycles. The lowest BCUT2D eigenvalue weighted by Crippen LogP contribution is -2.06. The van der Waals surface area contributed by atoms with Gasteiger partial charge in [0.2, 0.25) is 0 Å². The zero-order valence-electron chi connectivity index (χ0n) is 70.2. The average molecular weight is 1690 g/mol. The van der Waals surface area contributed by atoms with Gasteiger partial charge in [-0.3, -0.25) is 0 Å². The Bertz CT molecular complexity index is 7910. The van der Waals surface area contributed by atoms with E-state index >= 15 is 0 Å². The number of rotatable bonds is 18. The van der Waals surface area contributed by atoms with E-state index < -0.39 is 0 Å². The summed E-state index contributed by atoms with van der Waals surface area (Å²) in [7, 11) is 0. The molecule has 0 unspecified atom stereocenters. The maximum absolute atomic E-state index is 11.3. The lowest BCUT2D eigenvalue weighted by Gasteiger charge is -2.18. The molecule has 23 aromatic rings. The summed E-state index contributed by atoms with van der Waals surface area (Å²) in [6.45, 7) is 0. The van der Waals surface area contributed by atoms with Gasteiger partial charge in [-0.15, -0.1) is 0 Å². The SMILES string of the molecule is N#Cc1ccc(-c2nc(-c3ccccc3)nc(-c3ccc(-c4ccccc4C#N)cc3-n3c4ccc(-c5nc(-c6ccccc6)nc(-c6ccccc6)n5)cc4c4cc(-c5nc(-c6ccccc6)nc(-c6ccccc6)n5)ccc43)n2)c(-n2c3ccc(-c4nc(-c5ccccc5)nc(-c5ccccc5)n4)cc3c3cc(-c4nc(-c5ccccc5)nc(-c5ccccc5)n4)ccc32)c1. The van der Waals surface area contributed by atoms with Crippen molar-refractivity contribution >= 4 is 43.6 Å². The molecule has 0 bridgehead atoms. The van der Waals surface area contributed by atoms with Crippen LogP contribution in [0.1, 0.15) is 11.1 Å². The minimum Gasteiger partial charge on any atom is -0.308 e. The van der Waals surface area contributed by atoms with Crippen molar-refractivity contribution in [3.05, 3.63) is 418 Å². The molecule has 0 aliphatic carbocycles. The van der Waals surface area contributed by atoms with Gasteiger partial charge in [-0.25, -0.2) is 74.8 Å². The van der Waals surface area contributed by atoms with Gasteiger partial charge in [0.05, 0.1) is 56.7 Å². The van der Waals surface area contributed by atoms with Crippen LogP contribution in [0.3, 0.4) is 0 Å². The van der Waals surface area contributed by atoms with Gasteiger partial charge in [0.25, 0.3) is 0 Å². The Labute approximate surface area is 756 Å². The Balaban J connectivity index is 0.763. The van der Waals surface area contributed by atoms with Crippen LogP contribution in [0.2, 0.25) is 0 Å². The van der Waals surface area contributed by atoms with Crippen molar-refractivity contribution < 1.29 is 0 Å². The molecule has 7 aromatic heterocycles. The fourth-order valence-corrected chi connectivity index (χ4v) is 17.1. The third-order valence-corrected chi connectivity index (χ3v) is 23.5. The van der Waals surface area contributed by atoms with Gasteiger partial charge in [-0.1, -0.05) is 297 Å². The van der Waals surface area contributed by atoms with E-state index in [-0.39, 0.29) is 0 Å². The maximum atomic E-state index is 11.3. The fraction of sp³-hybridized carbons (Fsp3) is 0. The van der Waals surface area contributed by atoms with E-state index in [0.717, 1.165) is 116 Å². The van der Waals surface area contributed by atoms with Crippen LogP contribution >= 0.6 is 0 Å². The van der Waals surface area contributed by atoms with Crippen molar-refractivity contribution in [2.45, 2.75) is 0 Å². The molecule has 19 nitrogen and oxygen atoms in total. The van der Waals surface area contributed by atoms with Crippen LogP contribution in [-0.4, -0.2) is 83.9 Å². The predicted molar refractivity (Wildman–Crippen MR) is 518 cm³/mol. The monoisotopic (exact) mass is 1690 g/mol. The van der Waals surface area contributed by atoms with E-state index in [2.05, 4.69) is 88.0 Å². The molecule has 0 aliphatic rings. The topological polar surface area (TPSA) is 251 Å². The first-order valence-electron chi connectivity index (χ1n) is 42.9. The number of hydrogen-bond acceptors (Lipinski definition) is 17. The minimum atomic E-state index is 0.297. The van der Waals surface area contributed by atoms with Crippen LogP contribution in [-0.2, 0) is 0 Å². The average Bonchev–Trinajstić information content (AvgIpc) is 1.58. The molecule has 614 valence electrons. The van der Waals surface area contributed by atoms with E-state index in [1.54, 1.807) is 6.07 Å². The van der Waals surface area contributed by atoms with Crippen LogP contribution in [0.5, 0.6) is 0 Å². The summed E-state index contributed by atoms with van der Waals surface area (Å²) < 4.78 is 4.42. The molecule has 0 amide bonds. The number of nitrogens with zero attached hydrogens (tertiary/aromatic N) is 19. The van der Waals surface area contributed by atoms with Crippen molar-refractivity contribution in [2.24, 2.45) is 0 Å². The molecule has 0 aliphatic heterocycles. The van der Waals surface area contributed by atoms with Gasteiger partial charge in [-0.05, 0) is 120 Å². The number of fused-ring (bicyclic) bond motifs is 6. The highest BCUT2D eigenvalue weighted by atomic mass is 15.1. The lowest BCUT2D eigenvalue weighted by atomic mass is 9.97. The number of nitriles is 2. The minimum absolute atomic E-state index is 0.297. The molecule has 7 heterocycles. The summed E-state index contributed by atoms with van der Waals surface area (Å²) in [6.07, 6.45) is 0. The Morgan fingerprint density at radius 1 is 0.159 bits per heavy atom. The molecule has 0 N–H and O–H groups in total. The van der Waals surface area contributed by atoms with Crippen molar-refractivity contribution in [1.29, 1.82) is 10.5 Å². The second-order valence-electron chi connectivity index (χ2n) is 31.7. The Morgan fingerprint density at radius 3 is 0.629 bits per heavy atom. The van der Waals surface area contributed by atoms with E-state index in [4.69, 9.17) is 74.8 Å². The molecule has 0 saturated heterocycles. The Morgan fingerprint density at radius 2 is 0.371 bits per heavy atom. The summed E-state index contributed by atoms with van der Waals surface area (Å²) in [5.74, 6) is 6.93. The largest absolute Gasteiger partial charge is 0.308 e. The fourth-order valence-electron chi connectivity index (χ4n) is 17.1. The van der Waals surface area contributed by atoms with Gasteiger partial charge < -0.3 is 9.13 Å². The number of benzene rings is 16. The van der Waals surface area contributed by atoms with E-state index in [1.807, 2.05) is 334 Å². The van der Waals surface area contributed by atoms with Crippen molar-refractivity contribution in [3.63, 3.8) is 0 Å². The molecule has 23 rings (SSSR count). The normalized spacial score (nSPS) is 11.3. The standard InChI is InChI=1S/C113H67N19/c114-68-70-50-56-87(97(62-70)131-93-58-52-81(108-120-99(71-30-10-1-11-31-71)116-100(121-108)72-32-12-2-13-33-72)63-89(93)90-64-82(53-59-94(90)131)109-122-101(73-34-14-3-15-35-73)117-102(123-109)74-36-16-4-17-37-74)112-128-107(79-46-26-9-27-47-79)129-113(130-112)88-57-51-80(86-49-29-28-48-85(86)69-115)67-98(88)132-95-60-54-83(110-124-103(75-38-18-5-19-39-75)118-104(125-110)76-40-20-6-21-41-76)65-91(95)92-66-84(55-61-96(92)132)111-126-105(77-42-22-7-23-43-77)119-106(127-111)78-44-24-8-25-45-78/h1-67H. The molecule has 0 spiro atoms. The molecule has 16 aromatic carbocycles. The maximum Gasteiger partial charge on any atom is 0.166 e. The van der Waals surface area contributed by atoms with Gasteiger partial charge in [-0.2, -0.15) is 10.5 Å². The first kappa shape index (κ1) is 77.9. The van der Waals surface area contributed by atoms with E-state index in [9.17, 15) is 10.5 Å². The van der Waals surface area contributed by atoms with Gasteiger partial charge >= 0.3 is 0 Å². The quantitative estimate of drug-likeness (QED) is 0.0774. The lowest BCUT2D eigenvalue weighted by molar-refractivity contribution is 1.06. The summed E-state index contributed by atoms with van der Waals surface area (Å²) in [5, 5.41) is 25.6. The van der Waals surface area contributed by atoms with E-state index in [1.165, 1.54) is 0 Å². The van der Waals surface area contributed by atoms with Crippen LogP contribution in [0.25, 0.3) is 237 Å². The molecular weight excluding hydrogens is 1620 g/mol. The van der Waals surface area contributed by atoms with Crippen LogP contribution in [0.4, 0.5) is 0 Å². The Kier molecular flexibility index (Phi) is 19.8. The number of hydrogen-bond donors (Lipinski definition) is 0. The third kappa shape index (κ3) is 14.8. The summed E-state index contributed by atoms with van der Waals surface area (Å²) in [6, 6.07) is 139. The van der Waals surface area contributed by atoms with Gasteiger partial charge in [0.15, 0.2) is 87.4 Å². The van der Waals surface area contributed by atoms with Crippen molar-refractivity contribution in [3.8, 4) is 205 Å². The van der Waals surface area contributed by atoms with Crippen molar-refractivity contribution in [2.75, 3.05) is 0 Å². The first-order chi connectivity index (χ1) is 65.3. The molecule has 0 radical (unpaired) electrons. The second-order valence-corrected chi connectivity index (χ2v) is 31.7. The smallest absolute Gasteiger partial charge is 0.166 e. The van der Waals surface area contributed by atoms with Crippen molar-refractivity contribution in [1.82, 2.24) is 83.9 Å². The summed E-state index contributed by atoms with van der Waals surface area (Å²) in [5.41, 5.74) is 18.2. The predicted octanol–water partition coefficient (Wildman–Crippen LogP) is 25.2.